The van der Waals surface area contributed by atoms with Crippen molar-refractivity contribution in [3.05, 3.63) is 30.1 Å². The van der Waals surface area contributed by atoms with Crippen molar-refractivity contribution in [2.75, 3.05) is 19.7 Å². The van der Waals surface area contributed by atoms with Crippen molar-refractivity contribution in [2.24, 2.45) is 5.92 Å². The molecule has 6 nitrogen and oxygen atoms in total. The maximum absolute atomic E-state index is 12.2. The fourth-order valence-electron chi connectivity index (χ4n) is 2.85. The van der Waals surface area contributed by atoms with Crippen molar-refractivity contribution in [1.82, 2.24) is 14.9 Å². The van der Waals surface area contributed by atoms with E-state index in [0.717, 1.165) is 11.0 Å². The number of aliphatic hydroxyl groups is 1. The summed E-state index contributed by atoms with van der Waals surface area (Å²) in [5, 5.41) is 10.2. The molecule has 1 aromatic carbocycles. The molecule has 6 heteroatoms. The lowest BCUT2D eigenvalue weighted by Crippen LogP contribution is -2.51. The number of aromatic nitrogens is 2. The number of H-pyrrole nitrogens is 1. The highest BCUT2D eigenvalue weighted by Crippen LogP contribution is 2.27. The Morgan fingerprint density at radius 3 is 3.04 bits per heavy atom. The molecule has 2 N–H and O–H groups in total. The van der Waals surface area contributed by atoms with Crippen molar-refractivity contribution in [3.63, 3.8) is 0 Å². The van der Waals surface area contributed by atoms with Crippen LogP contribution in [0, 0.1) is 5.92 Å². The Hall–Kier alpha value is -1.92. The lowest BCUT2D eigenvalue weighted by Gasteiger charge is -2.41. The van der Waals surface area contributed by atoms with Crippen LogP contribution in [-0.4, -0.2) is 51.2 Å². The second-order valence-corrected chi connectivity index (χ2v) is 6.54. The average molecular weight is 317 g/mol. The van der Waals surface area contributed by atoms with Gasteiger partial charge in [0.1, 0.15) is 19.0 Å². The number of hydrogen-bond acceptors (Lipinski definition) is 4. The first-order chi connectivity index (χ1) is 11.0. The molecule has 0 bridgehead atoms. The fourth-order valence-corrected chi connectivity index (χ4v) is 2.85. The normalized spacial score (nSPS) is 25.0. The Balaban J connectivity index is 1.49. The maximum Gasteiger partial charge on any atom is 0.248 e. The van der Waals surface area contributed by atoms with Crippen LogP contribution in [0.5, 0.6) is 0 Å². The minimum Gasteiger partial charge on any atom is -0.390 e. The minimum absolute atomic E-state index is 0.0336. The lowest BCUT2D eigenvalue weighted by molar-refractivity contribution is -0.143. The summed E-state index contributed by atoms with van der Waals surface area (Å²) in [6.45, 7) is 5.25. The SMILES string of the molecule is C[C@@H]1CN(C(=O)COCc2nc3ccccc3[nH]2)CC[C@]1(C)O. The van der Waals surface area contributed by atoms with Crippen molar-refractivity contribution < 1.29 is 14.6 Å². The van der Waals surface area contributed by atoms with E-state index in [1.807, 2.05) is 38.1 Å². The highest BCUT2D eigenvalue weighted by Gasteiger charge is 2.35. The number of amides is 1. The monoisotopic (exact) mass is 317 g/mol. The molecule has 0 saturated carbocycles. The molecular formula is C17H23N3O3. The maximum atomic E-state index is 12.2. The molecule has 0 radical (unpaired) electrons. The van der Waals surface area contributed by atoms with Crippen LogP contribution in [0.3, 0.4) is 0 Å². The second kappa shape index (κ2) is 6.29. The number of benzene rings is 1. The number of imidazole rings is 1. The zero-order chi connectivity index (χ0) is 16.4. The number of nitrogens with zero attached hydrogens (tertiary/aromatic N) is 2. The van der Waals surface area contributed by atoms with Crippen LogP contribution in [0.25, 0.3) is 11.0 Å². The molecule has 0 unspecified atom stereocenters. The number of carbonyl (C=O) groups is 1. The molecule has 1 saturated heterocycles. The number of aromatic amines is 1. The van der Waals surface area contributed by atoms with Crippen LogP contribution in [0.4, 0.5) is 0 Å². The molecule has 124 valence electrons. The Kier molecular flexibility index (Phi) is 4.37. The number of hydrogen-bond donors (Lipinski definition) is 2. The first kappa shape index (κ1) is 16.0. The van der Waals surface area contributed by atoms with Gasteiger partial charge in [-0.25, -0.2) is 4.98 Å². The van der Waals surface area contributed by atoms with Crippen LogP contribution in [-0.2, 0) is 16.1 Å². The molecule has 0 spiro atoms. The van der Waals surface area contributed by atoms with E-state index < -0.39 is 5.60 Å². The standard InChI is InChI=1S/C17H23N3O3/c1-12-9-20(8-7-17(12,2)22)16(21)11-23-10-15-18-13-5-3-4-6-14(13)19-15/h3-6,12,22H,7-11H2,1-2H3,(H,18,19)/t12-,17+/m1/s1. The average Bonchev–Trinajstić information content (AvgIpc) is 2.92. The zero-order valence-electron chi connectivity index (χ0n) is 13.6. The van der Waals surface area contributed by atoms with Gasteiger partial charge in [0, 0.05) is 19.0 Å². The highest BCUT2D eigenvalue weighted by atomic mass is 16.5. The van der Waals surface area contributed by atoms with Crippen molar-refractivity contribution in [1.29, 1.82) is 0 Å². The quantitative estimate of drug-likeness (QED) is 0.899. The number of rotatable bonds is 4. The zero-order valence-corrected chi connectivity index (χ0v) is 13.6. The third kappa shape index (κ3) is 3.54. The van der Waals surface area contributed by atoms with Gasteiger partial charge in [-0.1, -0.05) is 19.1 Å². The molecule has 1 amide bonds. The predicted octanol–water partition coefficient (Wildman–Crippen LogP) is 1.70. The van der Waals surface area contributed by atoms with E-state index in [-0.39, 0.29) is 25.0 Å². The van der Waals surface area contributed by atoms with Gasteiger partial charge in [0.25, 0.3) is 0 Å². The summed E-state index contributed by atoms with van der Waals surface area (Å²) in [7, 11) is 0. The molecule has 1 aromatic heterocycles. The number of fused-ring (bicyclic) bond motifs is 1. The third-order valence-corrected chi connectivity index (χ3v) is 4.70. The van der Waals surface area contributed by atoms with Crippen molar-refractivity contribution in [3.8, 4) is 0 Å². The first-order valence-corrected chi connectivity index (χ1v) is 7.97. The van der Waals surface area contributed by atoms with Crippen LogP contribution >= 0.6 is 0 Å². The molecule has 3 rings (SSSR count). The summed E-state index contributed by atoms with van der Waals surface area (Å²) in [5.41, 5.74) is 1.17. The van der Waals surface area contributed by atoms with Crippen LogP contribution in [0.2, 0.25) is 0 Å². The molecule has 1 fully saturated rings. The highest BCUT2D eigenvalue weighted by molar-refractivity contribution is 5.77. The van der Waals surface area contributed by atoms with Crippen LogP contribution < -0.4 is 0 Å². The van der Waals surface area contributed by atoms with Gasteiger partial charge in [0.05, 0.1) is 16.6 Å². The van der Waals surface area contributed by atoms with Gasteiger partial charge in [-0.15, -0.1) is 0 Å². The van der Waals surface area contributed by atoms with Gasteiger partial charge < -0.3 is 19.7 Å². The predicted molar refractivity (Wildman–Crippen MR) is 86.7 cm³/mol. The lowest BCUT2D eigenvalue weighted by atomic mass is 9.84. The third-order valence-electron chi connectivity index (χ3n) is 4.70. The van der Waals surface area contributed by atoms with E-state index in [2.05, 4.69) is 9.97 Å². The summed E-state index contributed by atoms with van der Waals surface area (Å²) < 4.78 is 5.50. The summed E-state index contributed by atoms with van der Waals surface area (Å²) in [6, 6.07) is 7.77. The van der Waals surface area contributed by atoms with E-state index in [1.54, 1.807) is 4.90 Å². The van der Waals surface area contributed by atoms with Crippen LogP contribution in [0.1, 0.15) is 26.1 Å². The van der Waals surface area contributed by atoms with E-state index in [4.69, 9.17) is 4.74 Å². The Morgan fingerprint density at radius 2 is 2.30 bits per heavy atom. The molecule has 1 aliphatic rings. The molecular weight excluding hydrogens is 294 g/mol. The Bertz CT molecular complexity index is 662. The largest absolute Gasteiger partial charge is 0.390 e. The second-order valence-electron chi connectivity index (χ2n) is 6.54. The molecule has 2 atom stereocenters. The van der Waals surface area contributed by atoms with E-state index in [9.17, 15) is 9.90 Å². The molecule has 1 aliphatic heterocycles. The van der Waals surface area contributed by atoms with E-state index in [0.29, 0.717) is 25.3 Å². The summed E-state index contributed by atoms with van der Waals surface area (Å²) in [5.74, 6) is 0.743. The number of para-hydroxylation sites is 2. The van der Waals surface area contributed by atoms with Crippen LogP contribution in [0.15, 0.2) is 24.3 Å². The van der Waals surface area contributed by atoms with Gasteiger partial charge in [-0.2, -0.15) is 0 Å². The van der Waals surface area contributed by atoms with Crippen molar-refractivity contribution >= 4 is 16.9 Å². The number of ether oxygens (including phenoxy) is 1. The van der Waals surface area contributed by atoms with E-state index >= 15 is 0 Å². The number of nitrogens with one attached hydrogen (secondary N) is 1. The summed E-state index contributed by atoms with van der Waals surface area (Å²) >= 11 is 0. The number of carbonyl (C=O) groups excluding carboxylic acids is 1. The summed E-state index contributed by atoms with van der Waals surface area (Å²) in [4.78, 5) is 21.6. The van der Waals surface area contributed by atoms with Crippen molar-refractivity contribution in [2.45, 2.75) is 32.5 Å². The van der Waals surface area contributed by atoms with Gasteiger partial charge in [-0.05, 0) is 25.5 Å². The van der Waals surface area contributed by atoms with Gasteiger partial charge in [0.2, 0.25) is 5.91 Å². The molecule has 0 aliphatic carbocycles. The molecule has 2 heterocycles. The molecule has 23 heavy (non-hydrogen) atoms. The molecule has 2 aromatic rings. The Morgan fingerprint density at radius 1 is 1.52 bits per heavy atom. The van der Waals surface area contributed by atoms with Gasteiger partial charge in [-0.3, -0.25) is 4.79 Å². The van der Waals surface area contributed by atoms with Gasteiger partial charge in [0.15, 0.2) is 0 Å². The first-order valence-electron chi connectivity index (χ1n) is 7.97. The minimum atomic E-state index is -0.689. The van der Waals surface area contributed by atoms with E-state index in [1.165, 1.54) is 0 Å². The topological polar surface area (TPSA) is 78.5 Å². The fraction of sp³-hybridized carbons (Fsp3) is 0.529. The summed E-state index contributed by atoms with van der Waals surface area (Å²) in [6.07, 6.45) is 0.601. The number of piperidine rings is 1. The van der Waals surface area contributed by atoms with Gasteiger partial charge >= 0.3 is 0 Å². The number of likely N-dealkylation sites (tertiary alicyclic amines) is 1. The Labute approximate surface area is 135 Å². The smallest absolute Gasteiger partial charge is 0.248 e.